The zero-order valence-corrected chi connectivity index (χ0v) is 31.9. The van der Waals surface area contributed by atoms with Gasteiger partial charge in [-0.2, -0.15) is 0 Å². The summed E-state index contributed by atoms with van der Waals surface area (Å²) >= 11 is 0. The van der Waals surface area contributed by atoms with Gasteiger partial charge in [-0.25, -0.2) is 0 Å². The van der Waals surface area contributed by atoms with Crippen molar-refractivity contribution in [3.05, 3.63) is 23.8 Å². The van der Waals surface area contributed by atoms with Gasteiger partial charge in [-0.15, -0.1) is 0 Å². The van der Waals surface area contributed by atoms with Crippen molar-refractivity contribution in [1.29, 1.82) is 0 Å². The molecule has 0 aromatic carbocycles. The number of aliphatic carboxylic acids is 1. The Bertz CT molecular complexity index is 1430. The van der Waals surface area contributed by atoms with Gasteiger partial charge in [0.2, 0.25) is 5.79 Å². The van der Waals surface area contributed by atoms with Gasteiger partial charge in [-0.05, 0) is 88.5 Å². The van der Waals surface area contributed by atoms with E-state index in [9.17, 15) is 24.9 Å². The number of fused-ring (bicyclic) bond motifs is 7. The van der Waals surface area contributed by atoms with Crippen LogP contribution in [-0.4, -0.2) is 82.0 Å². The van der Waals surface area contributed by atoms with E-state index in [0.717, 1.165) is 18.4 Å². The zero-order chi connectivity index (χ0) is 37.3. The number of aliphatic hydroxyl groups is 2. The Hall–Kier alpha value is -1.70. The van der Waals surface area contributed by atoms with Crippen LogP contribution in [0.15, 0.2) is 23.8 Å². The summed E-state index contributed by atoms with van der Waals surface area (Å²) in [5.41, 5.74) is 3.20. The van der Waals surface area contributed by atoms with E-state index in [4.69, 9.17) is 23.7 Å². The summed E-state index contributed by atoms with van der Waals surface area (Å²) in [5, 5.41) is 35.8. The summed E-state index contributed by atoms with van der Waals surface area (Å²) in [6.07, 6.45) is 7.66. The van der Waals surface area contributed by atoms with E-state index in [1.54, 1.807) is 13.0 Å². The third-order valence-electron chi connectivity index (χ3n) is 14.5. The standard InChI is InChI=1S/C41H63NO10/c1-24-8-6-10-32(43)38(20-25(2)27(4)23-42)15-11-28(36(45)46)19-31(38)34-35-33(44)26(3)21-40(50-34,51-35)22-30-9-7-13-39(48-30)16-17-41(52-39)37(5,47)14-12-29(18-24)49-41/h19,25-27,29-31,33-35,44,47H,1,6-18,20-23,42H2,2-5H3,(H,45,46)/t25-,26+,27-,29?,30?,31+,33+,34-,35+,37+,38+,39?,40+,41?/m0/s1. The van der Waals surface area contributed by atoms with Gasteiger partial charge in [-0.1, -0.05) is 39.0 Å². The number of aliphatic hydroxyl groups excluding tert-OH is 1. The Balaban J connectivity index is 1.29. The predicted octanol–water partition coefficient (Wildman–Crippen LogP) is 3.64. The van der Waals surface area contributed by atoms with Crippen LogP contribution < -0.4 is 10.8 Å². The van der Waals surface area contributed by atoms with Gasteiger partial charge in [0.15, 0.2) is 11.6 Å². The third-order valence-corrected chi connectivity index (χ3v) is 14.5. The molecule has 6 aliphatic heterocycles. The summed E-state index contributed by atoms with van der Waals surface area (Å²) in [4.78, 5) is 27.4. The average molecular weight is 730 g/mol. The second-order valence-corrected chi connectivity index (χ2v) is 18.2. The molecule has 11 nitrogen and oxygen atoms in total. The van der Waals surface area contributed by atoms with E-state index in [1.165, 1.54) is 0 Å². The molecule has 7 bridgehead atoms. The lowest BCUT2D eigenvalue weighted by Crippen LogP contribution is -2.60. The number of carboxylic acid groups (broad SMARTS) is 1. The van der Waals surface area contributed by atoms with Crippen LogP contribution in [0.4, 0.5) is 0 Å². The molecular weight excluding hydrogens is 666 g/mol. The van der Waals surface area contributed by atoms with E-state index in [0.29, 0.717) is 90.0 Å². The number of Topliss-reactive ketones (excluding diaryl/α,β-unsaturated/α-hetero) is 1. The monoisotopic (exact) mass is 729 g/mol. The van der Waals surface area contributed by atoms with Gasteiger partial charge in [-0.3, -0.25) is 4.79 Å². The van der Waals surface area contributed by atoms with Crippen molar-refractivity contribution in [3.63, 3.8) is 0 Å². The maximum absolute atomic E-state index is 14.9. The Labute approximate surface area is 309 Å². The van der Waals surface area contributed by atoms with Crippen molar-refractivity contribution in [1.82, 2.24) is 0 Å². The third kappa shape index (κ3) is 6.77. The van der Waals surface area contributed by atoms with Gasteiger partial charge in [0.05, 0.1) is 36.9 Å². The van der Waals surface area contributed by atoms with Crippen LogP contribution in [0.2, 0.25) is 0 Å². The minimum Gasteiger partial charge on any atom is -0.545 e. The second-order valence-electron chi connectivity index (χ2n) is 18.2. The normalized spacial score (nSPS) is 48.1. The van der Waals surface area contributed by atoms with Gasteiger partial charge in [0, 0.05) is 55.8 Å². The molecule has 5 N–H and O–H groups in total. The van der Waals surface area contributed by atoms with Crippen LogP contribution in [0.25, 0.3) is 0 Å². The number of quaternary nitrogens is 1. The van der Waals surface area contributed by atoms with Crippen molar-refractivity contribution in [2.45, 2.75) is 184 Å². The first-order chi connectivity index (χ1) is 24.5. The maximum Gasteiger partial charge on any atom is 0.200 e. The fourth-order valence-electron chi connectivity index (χ4n) is 11.1. The highest BCUT2D eigenvalue weighted by atomic mass is 16.8. The highest BCUT2D eigenvalue weighted by Gasteiger charge is 2.66. The quantitative estimate of drug-likeness (QED) is 0.355. The van der Waals surface area contributed by atoms with Crippen molar-refractivity contribution in [2.75, 3.05) is 6.54 Å². The summed E-state index contributed by atoms with van der Waals surface area (Å²) in [7, 11) is 0. The van der Waals surface area contributed by atoms with Crippen LogP contribution in [-0.2, 0) is 33.3 Å². The minimum absolute atomic E-state index is 0.0915. The topological polar surface area (TPSA) is 171 Å². The Morgan fingerprint density at radius 1 is 0.962 bits per heavy atom. The number of rotatable bonds is 5. The molecule has 1 aliphatic carbocycles. The molecule has 292 valence electrons. The first-order valence-corrected chi connectivity index (χ1v) is 20.3. The summed E-state index contributed by atoms with van der Waals surface area (Å²) in [5.74, 6) is -4.77. The van der Waals surface area contributed by atoms with Crippen molar-refractivity contribution >= 4 is 11.8 Å². The molecule has 3 spiro atoms. The largest absolute Gasteiger partial charge is 0.545 e. The van der Waals surface area contributed by atoms with E-state index < -0.39 is 58.6 Å². The molecule has 14 atom stereocenters. The van der Waals surface area contributed by atoms with Crippen molar-refractivity contribution in [3.8, 4) is 0 Å². The average Bonchev–Trinajstić information content (AvgIpc) is 3.60. The van der Waals surface area contributed by atoms with Gasteiger partial charge in [0.25, 0.3) is 0 Å². The van der Waals surface area contributed by atoms with E-state index in [2.05, 4.69) is 26.2 Å². The number of ketones is 1. The lowest BCUT2D eigenvalue weighted by Gasteiger charge is -2.50. The molecule has 7 aliphatic rings. The molecule has 11 heteroatoms. The van der Waals surface area contributed by atoms with Crippen molar-refractivity contribution < 1.29 is 54.3 Å². The Morgan fingerprint density at radius 2 is 1.73 bits per heavy atom. The molecule has 0 saturated carbocycles. The Morgan fingerprint density at radius 3 is 2.48 bits per heavy atom. The first kappa shape index (κ1) is 38.6. The lowest BCUT2D eigenvalue weighted by molar-refractivity contribution is -0.403. The van der Waals surface area contributed by atoms with Gasteiger partial charge < -0.3 is 49.5 Å². The fraction of sp³-hybridized carbons (Fsp3) is 0.854. The van der Waals surface area contributed by atoms with E-state index >= 15 is 0 Å². The van der Waals surface area contributed by atoms with Crippen molar-refractivity contribution in [2.24, 2.45) is 29.1 Å². The predicted molar refractivity (Wildman–Crippen MR) is 188 cm³/mol. The molecule has 0 amide bonds. The van der Waals surface area contributed by atoms with Crippen LogP contribution >= 0.6 is 0 Å². The van der Waals surface area contributed by atoms with Crippen LogP contribution in [0.5, 0.6) is 0 Å². The summed E-state index contributed by atoms with van der Waals surface area (Å²) < 4.78 is 34.4. The minimum atomic E-state index is -1.24. The highest BCUT2D eigenvalue weighted by Crippen LogP contribution is 2.58. The number of carboxylic acids is 1. The summed E-state index contributed by atoms with van der Waals surface area (Å²) in [6.45, 7) is 13.2. The van der Waals surface area contributed by atoms with Gasteiger partial charge >= 0.3 is 0 Å². The van der Waals surface area contributed by atoms with Gasteiger partial charge in [0.1, 0.15) is 17.5 Å². The molecule has 0 aromatic heterocycles. The molecule has 4 unspecified atom stereocenters. The molecule has 0 aromatic rings. The summed E-state index contributed by atoms with van der Waals surface area (Å²) in [6, 6.07) is 0. The van der Waals surface area contributed by atoms with E-state index in [1.807, 2.05) is 6.92 Å². The number of hydrogen-bond donors (Lipinski definition) is 3. The molecule has 52 heavy (non-hydrogen) atoms. The lowest BCUT2D eigenvalue weighted by atomic mass is 9.57. The molecule has 7 rings (SSSR count). The Kier molecular flexibility index (Phi) is 10.5. The molecule has 0 radical (unpaired) electrons. The maximum atomic E-state index is 14.9. The molecule has 6 fully saturated rings. The number of carbonyl (C=O) groups excluding carboxylic acids is 2. The van der Waals surface area contributed by atoms with Crippen LogP contribution in [0, 0.1) is 29.1 Å². The number of hydrogen-bond acceptors (Lipinski definition) is 10. The van der Waals surface area contributed by atoms with E-state index in [-0.39, 0.29) is 47.7 Å². The fourth-order valence-corrected chi connectivity index (χ4v) is 11.1. The smallest absolute Gasteiger partial charge is 0.200 e. The molecule has 6 saturated heterocycles. The second kappa shape index (κ2) is 14.1. The number of ether oxygens (including phenoxy) is 5. The molecule has 6 heterocycles. The number of carbonyl (C=O) groups is 2. The SMILES string of the molecule is C=C1CCCC(=O)[C@@]2(C[C@H](C)[C@@H](C)C[NH3+])CCC(C(=O)[O-])=C[C@@H]2[C@@H]2O[C@]3(CC4CCCC5(CCC6(OC(CC[C@@]6(C)O)C1)O5)O4)C[C@@H](C)[C@@H](O)[C@H]2O3. The highest BCUT2D eigenvalue weighted by molar-refractivity contribution is 5.89. The first-order valence-electron chi connectivity index (χ1n) is 20.3. The van der Waals surface area contributed by atoms with Crippen LogP contribution in [0.3, 0.4) is 0 Å². The van der Waals surface area contributed by atoms with Crippen LogP contribution in [0.1, 0.15) is 130 Å². The molecular formula is C41H63NO10. The zero-order valence-electron chi connectivity index (χ0n) is 31.9.